The van der Waals surface area contributed by atoms with Gasteiger partial charge in [0, 0.05) is 31.3 Å². The summed E-state index contributed by atoms with van der Waals surface area (Å²) in [6, 6.07) is 7.62. The van der Waals surface area contributed by atoms with Gasteiger partial charge in [-0.25, -0.2) is 5.10 Å². The molecular formula is C19H24N4O2. The third-order valence-electron chi connectivity index (χ3n) is 4.51. The highest BCUT2D eigenvalue weighted by atomic mass is 16.1. The van der Waals surface area contributed by atoms with Crippen LogP contribution >= 0.6 is 0 Å². The normalized spacial score (nSPS) is 17.4. The van der Waals surface area contributed by atoms with Gasteiger partial charge in [0.1, 0.15) is 0 Å². The summed E-state index contributed by atoms with van der Waals surface area (Å²) in [7, 11) is 0. The van der Waals surface area contributed by atoms with E-state index in [4.69, 9.17) is 0 Å². The summed E-state index contributed by atoms with van der Waals surface area (Å²) in [4.78, 5) is 26.0. The van der Waals surface area contributed by atoms with Crippen molar-refractivity contribution >= 4 is 17.3 Å². The van der Waals surface area contributed by atoms with Crippen molar-refractivity contribution in [3.8, 4) is 0 Å². The van der Waals surface area contributed by atoms with E-state index in [2.05, 4.69) is 26.5 Å². The van der Waals surface area contributed by atoms with Crippen molar-refractivity contribution in [2.75, 3.05) is 23.3 Å². The molecule has 6 heteroatoms. The van der Waals surface area contributed by atoms with Crippen molar-refractivity contribution in [2.45, 2.75) is 33.1 Å². The third kappa shape index (κ3) is 4.68. The first-order valence-electron chi connectivity index (χ1n) is 8.67. The van der Waals surface area contributed by atoms with E-state index in [1.165, 1.54) is 0 Å². The fourth-order valence-corrected chi connectivity index (χ4v) is 3.53. The molecule has 132 valence electrons. The number of aromatic nitrogens is 2. The van der Waals surface area contributed by atoms with Crippen LogP contribution < -0.4 is 15.8 Å². The molecule has 2 N–H and O–H groups in total. The Labute approximate surface area is 147 Å². The molecule has 0 aliphatic carbocycles. The van der Waals surface area contributed by atoms with Crippen LogP contribution in [0, 0.1) is 19.8 Å². The molecule has 2 heterocycles. The van der Waals surface area contributed by atoms with Gasteiger partial charge in [0.2, 0.25) is 5.91 Å². The molecule has 1 amide bonds. The summed E-state index contributed by atoms with van der Waals surface area (Å²) in [6.45, 7) is 5.71. The summed E-state index contributed by atoms with van der Waals surface area (Å²) in [5.41, 5.74) is 3.76. The average molecular weight is 340 g/mol. The first kappa shape index (κ1) is 17.2. The van der Waals surface area contributed by atoms with Crippen molar-refractivity contribution < 1.29 is 4.79 Å². The van der Waals surface area contributed by atoms with E-state index in [0.29, 0.717) is 6.42 Å². The highest BCUT2D eigenvalue weighted by molar-refractivity contribution is 5.91. The molecule has 6 nitrogen and oxygen atoms in total. The van der Waals surface area contributed by atoms with Crippen LogP contribution in [0.2, 0.25) is 0 Å². The van der Waals surface area contributed by atoms with E-state index in [1.807, 2.05) is 26.0 Å². The monoisotopic (exact) mass is 340 g/mol. The molecule has 25 heavy (non-hydrogen) atoms. The molecule has 1 unspecified atom stereocenters. The van der Waals surface area contributed by atoms with Crippen LogP contribution in [0.5, 0.6) is 0 Å². The van der Waals surface area contributed by atoms with Gasteiger partial charge in [-0.05, 0) is 55.9 Å². The van der Waals surface area contributed by atoms with Crippen molar-refractivity contribution in [3.05, 3.63) is 51.9 Å². The van der Waals surface area contributed by atoms with Gasteiger partial charge in [0.15, 0.2) is 0 Å². The SMILES string of the molecule is Cc1cc(C)cc(NC(=O)CC2CCCN(c3cn[nH]c(=O)c3)C2)c1. The summed E-state index contributed by atoms with van der Waals surface area (Å²) >= 11 is 0. The highest BCUT2D eigenvalue weighted by Gasteiger charge is 2.23. The lowest BCUT2D eigenvalue weighted by molar-refractivity contribution is -0.117. The van der Waals surface area contributed by atoms with Crippen LogP contribution in [0.15, 0.2) is 35.3 Å². The number of carbonyl (C=O) groups excluding carboxylic acids is 1. The van der Waals surface area contributed by atoms with E-state index in [9.17, 15) is 9.59 Å². The largest absolute Gasteiger partial charge is 0.370 e. The Balaban J connectivity index is 1.60. The van der Waals surface area contributed by atoms with Gasteiger partial charge in [0.25, 0.3) is 5.56 Å². The Hall–Kier alpha value is -2.63. The Morgan fingerprint density at radius 2 is 2.04 bits per heavy atom. The van der Waals surface area contributed by atoms with Gasteiger partial charge in [-0.15, -0.1) is 0 Å². The van der Waals surface area contributed by atoms with E-state index < -0.39 is 0 Å². The number of nitrogens with one attached hydrogen (secondary N) is 2. The van der Waals surface area contributed by atoms with Gasteiger partial charge in [-0.1, -0.05) is 6.07 Å². The van der Waals surface area contributed by atoms with Gasteiger partial charge >= 0.3 is 0 Å². The Morgan fingerprint density at radius 1 is 1.28 bits per heavy atom. The minimum Gasteiger partial charge on any atom is -0.370 e. The number of amides is 1. The maximum Gasteiger partial charge on any atom is 0.266 e. The molecule has 1 saturated heterocycles. The maximum absolute atomic E-state index is 12.4. The summed E-state index contributed by atoms with van der Waals surface area (Å²) < 4.78 is 0. The zero-order chi connectivity index (χ0) is 17.8. The van der Waals surface area contributed by atoms with Gasteiger partial charge < -0.3 is 10.2 Å². The fraction of sp³-hybridized carbons (Fsp3) is 0.421. The number of aromatic amines is 1. The molecule has 0 bridgehead atoms. The molecule has 3 rings (SSSR count). The second-order valence-electron chi connectivity index (χ2n) is 6.89. The lowest BCUT2D eigenvalue weighted by atomic mass is 9.94. The number of H-pyrrole nitrogens is 1. The van der Waals surface area contributed by atoms with Crippen LogP contribution in [0.1, 0.15) is 30.4 Å². The molecule has 0 radical (unpaired) electrons. The number of rotatable bonds is 4. The lowest BCUT2D eigenvalue weighted by Crippen LogP contribution is -2.37. The smallest absolute Gasteiger partial charge is 0.266 e. The Morgan fingerprint density at radius 3 is 2.76 bits per heavy atom. The van der Waals surface area contributed by atoms with Crippen molar-refractivity contribution in [1.82, 2.24) is 10.2 Å². The standard InChI is InChI=1S/C19H24N4O2/c1-13-6-14(2)8-16(7-13)21-18(24)9-15-4-3-5-23(12-15)17-10-19(25)22-20-11-17/h6-8,10-11,15H,3-5,9,12H2,1-2H3,(H,21,24)(H,22,25). The first-order valence-corrected chi connectivity index (χ1v) is 8.67. The Kier molecular flexibility index (Phi) is 5.16. The molecule has 1 aliphatic rings. The van der Waals surface area contributed by atoms with E-state index in [1.54, 1.807) is 12.3 Å². The highest BCUT2D eigenvalue weighted by Crippen LogP contribution is 2.24. The number of aryl methyl sites for hydroxylation is 2. The third-order valence-corrected chi connectivity index (χ3v) is 4.51. The van der Waals surface area contributed by atoms with E-state index >= 15 is 0 Å². The molecule has 1 fully saturated rings. The molecule has 1 aromatic heterocycles. The first-order chi connectivity index (χ1) is 12.0. The maximum atomic E-state index is 12.4. The second kappa shape index (κ2) is 7.51. The van der Waals surface area contributed by atoms with Crippen molar-refractivity contribution in [3.63, 3.8) is 0 Å². The zero-order valence-corrected chi connectivity index (χ0v) is 14.7. The molecule has 0 spiro atoms. The predicted octanol–water partition coefficient (Wildman–Crippen LogP) is 2.63. The minimum absolute atomic E-state index is 0.0425. The minimum atomic E-state index is -0.202. The molecule has 1 aliphatic heterocycles. The summed E-state index contributed by atoms with van der Waals surface area (Å²) in [5.74, 6) is 0.319. The number of nitrogens with zero attached hydrogens (tertiary/aromatic N) is 2. The summed E-state index contributed by atoms with van der Waals surface area (Å²) in [5, 5.41) is 9.26. The van der Waals surface area contributed by atoms with Gasteiger partial charge in [0.05, 0.1) is 11.9 Å². The van der Waals surface area contributed by atoms with Crippen LogP contribution in [-0.2, 0) is 4.79 Å². The molecule has 1 aromatic carbocycles. The topological polar surface area (TPSA) is 78.1 Å². The molecule has 2 aromatic rings. The number of anilines is 2. The van der Waals surface area contributed by atoms with E-state index in [-0.39, 0.29) is 17.4 Å². The average Bonchev–Trinajstić information content (AvgIpc) is 2.54. The van der Waals surface area contributed by atoms with Crippen LogP contribution in [0.4, 0.5) is 11.4 Å². The molecule has 0 saturated carbocycles. The molecule has 1 atom stereocenters. The number of carbonyl (C=O) groups is 1. The van der Waals surface area contributed by atoms with Crippen LogP contribution in [0.25, 0.3) is 0 Å². The van der Waals surface area contributed by atoms with Crippen LogP contribution in [0.3, 0.4) is 0 Å². The Bertz CT molecular complexity index is 795. The fourth-order valence-electron chi connectivity index (χ4n) is 3.53. The number of benzene rings is 1. The predicted molar refractivity (Wildman–Crippen MR) is 99.0 cm³/mol. The number of hydrogen-bond donors (Lipinski definition) is 2. The van der Waals surface area contributed by atoms with Crippen molar-refractivity contribution in [2.24, 2.45) is 5.92 Å². The van der Waals surface area contributed by atoms with Gasteiger partial charge in [-0.3, -0.25) is 9.59 Å². The second-order valence-corrected chi connectivity index (χ2v) is 6.89. The number of piperidine rings is 1. The quantitative estimate of drug-likeness (QED) is 0.897. The van der Waals surface area contributed by atoms with Crippen LogP contribution in [-0.4, -0.2) is 29.2 Å². The van der Waals surface area contributed by atoms with Gasteiger partial charge in [-0.2, -0.15) is 5.10 Å². The summed E-state index contributed by atoms with van der Waals surface area (Å²) in [6.07, 6.45) is 4.18. The van der Waals surface area contributed by atoms with E-state index in [0.717, 1.165) is 48.4 Å². The van der Waals surface area contributed by atoms with Crippen molar-refractivity contribution in [1.29, 1.82) is 0 Å². The number of hydrogen-bond acceptors (Lipinski definition) is 4. The lowest BCUT2D eigenvalue weighted by Gasteiger charge is -2.33. The zero-order valence-electron chi connectivity index (χ0n) is 14.7. The molecular weight excluding hydrogens is 316 g/mol.